The van der Waals surface area contributed by atoms with E-state index < -0.39 is 0 Å². The molecule has 0 bridgehead atoms. The van der Waals surface area contributed by atoms with Crippen LogP contribution in [0.2, 0.25) is 0 Å². The fourth-order valence-corrected chi connectivity index (χ4v) is 2.00. The van der Waals surface area contributed by atoms with E-state index in [0.717, 1.165) is 11.1 Å². The minimum Gasteiger partial charge on any atom is -0.352 e. The van der Waals surface area contributed by atoms with Crippen molar-refractivity contribution in [1.82, 2.24) is 5.32 Å². The van der Waals surface area contributed by atoms with E-state index in [1.54, 1.807) is 24.3 Å². The predicted molar refractivity (Wildman–Crippen MR) is 78.4 cm³/mol. The van der Waals surface area contributed by atoms with E-state index in [1.165, 1.54) is 6.07 Å². The van der Waals surface area contributed by atoms with Gasteiger partial charge in [0.05, 0.1) is 0 Å². The van der Waals surface area contributed by atoms with Crippen molar-refractivity contribution in [1.29, 1.82) is 0 Å². The topological polar surface area (TPSA) is 29.1 Å². The average Bonchev–Trinajstić information content (AvgIpc) is 2.44. The highest BCUT2D eigenvalue weighted by Crippen LogP contribution is 2.10. The first-order valence-corrected chi connectivity index (χ1v) is 6.67. The standard InChI is InChI=1S/C17H18FNO/c1-12-7-8-15(11-13(12)2)17(20)19-10-9-14-5-3-4-6-16(14)18/h3-8,11H,9-10H2,1-2H3,(H,19,20). The van der Waals surface area contributed by atoms with Crippen molar-refractivity contribution in [2.75, 3.05) is 6.54 Å². The fourth-order valence-electron chi connectivity index (χ4n) is 2.00. The number of benzene rings is 2. The zero-order valence-electron chi connectivity index (χ0n) is 11.7. The largest absolute Gasteiger partial charge is 0.352 e. The predicted octanol–water partition coefficient (Wildman–Crippen LogP) is 3.42. The fraction of sp³-hybridized carbons (Fsp3) is 0.235. The number of carbonyl (C=O) groups is 1. The molecule has 2 aromatic rings. The van der Waals surface area contributed by atoms with Gasteiger partial charge in [0.15, 0.2) is 0 Å². The maximum absolute atomic E-state index is 13.4. The third kappa shape index (κ3) is 3.44. The number of rotatable bonds is 4. The van der Waals surface area contributed by atoms with Crippen molar-refractivity contribution in [3.05, 3.63) is 70.5 Å². The molecule has 0 aromatic heterocycles. The molecule has 0 saturated heterocycles. The third-order valence-electron chi connectivity index (χ3n) is 3.41. The Morgan fingerprint density at radius 3 is 2.55 bits per heavy atom. The molecule has 0 fully saturated rings. The Bertz CT molecular complexity index is 622. The zero-order valence-corrected chi connectivity index (χ0v) is 11.7. The second kappa shape index (κ2) is 6.33. The molecule has 0 radical (unpaired) electrons. The van der Waals surface area contributed by atoms with Crippen LogP contribution < -0.4 is 5.32 Å². The first kappa shape index (κ1) is 14.3. The van der Waals surface area contributed by atoms with Gasteiger partial charge in [-0.2, -0.15) is 0 Å². The summed E-state index contributed by atoms with van der Waals surface area (Å²) in [6.07, 6.45) is 0.489. The number of carbonyl (C=O) groups excluding carboxylic acids is 1. The molecule has 2 nitrogen and oxygen atoms in total. The summed E-state index contributed by atoms with van der Waals surface area (Å²) in [7, 11) is 0. The number of nitrogens with one attached hydrogen (secondary N) is 1. The summed E-state index contributed by atoms with van der Waals surface area (Å²) in [5, 5.41) is 2.82. The van der Waals surface area contributed by atoms with Gasteiger partial charge in [0.1, 0.15) is 5.82 Å². The van der Waals surface area contributed by atoms with Crippen molar-refractivity contribution in [2.45, 2.75) is 20.3 Å². The molecule has 0 spiro atoms. The van der Waals surface area contributed by atoms with Gasteiger partial charge in [0.25, 0.3) is 5.91 Å². The van der Waals surface area contributed by atoms with E-state index in [2.05, 4.69) is 5.32 Å². The van der Waals surface area contributed by atoms with Gasteiger partial charge < -0.3 is 5.32 Å². The van der Waals surface area contributed by atoms with Crippen LogP contribution in [0, 0.1) is 19.7 Å². The second-order valence-corrected chi connectivity index (χ2v) is 4.90. The highest BCUT2D eigenvalue weighted by atomic mass is 19.1. The molecule has 0 aliphatic carbocycles. The van der Waals surface area contributed by atoms with E-state index in [4.69, 9.17) is 0 Å². The molecule has 20 heavy (non-hydrogen) atoms. The second-order valence-electron chi connectivity index (χ2n) is 4.90. The van der Waals surface area contributed by atoms with E-state index in [-0.39, 0.29) is 11.7 Å². The van der Waals surface area contributed by atoms with Crippen LogP contribution in [-0.4, -0.2) is 12.5 Å². The first-order chi connectivity index (χ1) is 9.58. The van der Waals surface area contributed by atoms with Gasteiger partial charge in [-0.3, -0.25) is 4.79 Å². The lowest BCUT2D eigenvalue weighted by Gasteiger charge is -2.08. The summed E-state index contributed by atoms with van der Waals surface area (Å²) in [5.74, 6) is -0.350. The van der Waals surface area contributed by atoms with E-state index in [9.17, 15) is 9.18 Å². The Hall–Kier alpha value is -2.16. The lowest BCUT2D eigenvalue weighted by atomic mass is 10.1. The minimum absolute atomic E-state index is 0.121. The third-order valence-corrected chi connectivity index (χ3v) is 3.41. The summed E-state index contributed by atoms with van der Waals surface area (Å²) in [6, 6.07) is 12.2. The molecular weight excluding hydrogens is 253 g/mol. The molecule has 3 heteroatoms. The molecule has 1 N–H and O–H groups in total. The molecule has 0 atom stereocenters. The summed E-state index contributed by atoms with van der Waals surface area (Å²) in [6.45, 7) is 4.41. The summed E-state index contributed by atoms with van der Waals surface area (Å²) >= 11 is 0. The molecule has 104 valence electrons. The molecular formula is C17H18FNO. The van der Waals surface area contributed by atoms with Gasteiger partial charge >= 0.3 is 0 Å². The summed E-state index contributed by atoms with van der Waals surface area (Å²) in [5.41, 5.74) is 3.51. The summed E-state index contributed by atoms with van der Waals surface area (Å²) < 4.78 is 13.4. The van der Waals surface area contributed by atoms with E-state index in [0.29, 0.717) is 24.1 Å². The minimum atomic E-state index is -0.229. The Morgan fingerprint density at radius 2 is 1.85 bits per heavy atom. The van der Waals surface area contributed by atoms with Crippen LogP contribution in [0.15, 0.2) is 42.5 Å². The van der Waals surface area contributed by atoms with Gasteiger partial charge in [-0.05, 0) is 55.2 Å². The number of aryl methyl sites for hydroxylation is 2. The average molecular weight is 271 g/mol. The summed E-state index contributed by atoms with van der Waals surface area (Å²) in [4.78, 5) is 12.0. The SMILES string of the molecule is Cc1ccc(C(=O)NCCc2ccccc2F)cc1C. The van der Waals surface area contributed by atoms with Crippen LogP contribution in [0.1, 0.15) is 27.0 Å². The van der Waals surface area contributed by atoms with Crippen LogP contribution in [0.3, 0.4) is 0 Å². The molecule has 0 saturated carbocycles. The van der Waals surface area contributed by atoms with Gasteiger partial charge in [-0.15, -0.1) is 0 Å². The lowest BCUT2D eigenvalue weighted by Crippen LogP contribution is -2.26. The maximum Gasteiger partial charge on any atom is 0.251 e. The van der Waals surface area contributed by atoms with Crippen molar-refractivity contribution < 1.29 is 9.18 Å². The maximum atomic E-state index is 13.4. The number of halogens is 1. The lowest BCUT2D eigenvalue weighted by molar-refractivity contribution is 0.0954. The molecule has 0 aliphatic heterocycles. The van der Waals surface area contributed by atoms with Crippen LogP contribution in [-0.2, 0) is 6.42 Å². The molecule has 0 unspecified atom stereocenters. The van der Waals surface area contributed by atoms with Crippen LogP contribution >= 0.6 is 0 Å². The Morgan fingerprint density at radius 1 is 1.10 bits per heavy atom. The smallest absolute Gasteiger partial charge is 0.251 e. The molecule has 1 amide bonds. The Balaban J connectivity index is 1.92. The molecule has 2 aromatic carbocycles. The first-order valence-electron chi connectivity index (χ1n) is 6.67. The van der Waals surface area contributed by atoms with Gasteiger partial charge in [-0.25, -0.2) is 4.39 Å². The van der Waals surface area contributed by atoms with E-state index >= 15 is 0 Å². The monoisotopic (exact) mass is 271 g/mol. The Kier molecular flexibility index (Phi) is 4.51. The normalized spacial score (nSPS) is 10.3. The zero-order chi connectivity index (χ0) is 14.5. The van der Waals surface area contributed by atoms with Gasteiger partial charge in [-0.1, -0.05) is 24.3 Å². The number of amides is 1. The van der Waals surface area contributed by atoms with Crippen LogP contribution in [0.4, 0.5) is 4.39 Å². The molecule has 0 aliphatic rings. The van der Waals surface area contributed by atoms with Crippen LogP contribution in [0.25, 0.3) is 0 Å². The highest BCUT2D eigenvalue weighted by Gasteiger charge is 2.07. The number of hydrogen-bond acceptors (Lipinski definition) is 1. The van der Waals surface area contributed by atoms with Gasteiger partial charge in [0.2, 0.25) is 0 Å². The quantitative estimate of drug-likeness (QED) is 0.907. The molecule has 0 heterocycles. The van der Waals surface area contributed by atoms with Crippen molar-refractivity contribution in [3.63, 3.8) is 0 Å². The van der Waals surface area contributed by atoms with Crippen molar-refractivity contribution in [3.8, 4) is 0 Å². The van der Waals surface area contributed by atoms with Gasteiger partial charge in [0, 0.05) is 12.1 Å². The Labute approximate surface area is 118 Å². The highest BCUT2D eigenvalue weighted by molar-refractivity contribution is 5.94. The van der Waals surface area contributed by atoms with Crippen molar-refractivity contribution >= 4 is 5.91 Å². The number of hydrogen-bond donors (Lipinski definition) is 1. The van der Waals surface area contributed by atoms with E-state index in [1.807, 2.05) is 26.0 Å². The van der Waals surface area contributed by atoms with Crippen molar-refractivity contribution in [2.24, 2.45) is 0 Å². The molecule has 2 rings (SSSR count). The van der Waals surface area contributed by atoms with Crippen LogP contribution in [0.5, 0.6) is 0 Å².